The maximum absolute atomic E-state index is 13.1. The third kappa shape index (κ3) is 13.1. The van der Waals surface area contributed by atoms with Gasteiger partial charge in [-0.15, -0.1) is 0 Å². The molecule has 0 fully saturated rings. The average Bonchev–Trinajstić information content (AvgIpc) is 3.24. The number of nitrogens with one attached hydrogen (secondary N) is 1. The molecule has 0 unspecified atom stereocenters. The third-order valence-corrected chi connectivity index (χ3v) is 7.38. The van der Waals surface area contributed by atoms with E-state index in [1.165, 1.54) is 72.8 Å². The van der Waals surface area contributed by atoms with E-state index in [1.807, 2.05) is 0 Å². The first-order valence-electron chi connectivity index (χ1n) is 16.9. The predicted molar refractivity (Wildman–Crippen MR) is 203 cm³/mol. The monoisotopic (exact) mass is 793 g/mol. The predicted octanol–water partition coefficient (Wildman–Crippen LogP) is 5.72. The Kier molecular flexibility index (Phi) is 16.0. The van der Waals surface area contributed by atoms with Crippen LogP contribution in [-0.4, -0.2) is 69.0 Å². The highest BCUT2D eigenvalue weighted by molar-refractivity contribution is 5.94. The molecule has 0 bridgehead atoms. The van der Waals surface area contributed by atoms with Gasteiger partial charge in [0.25, 0.3) is 0 Å². The van der Waals surface area contributed by atoms with E-state index in [2.05, 4.69) is 19.7 Å². The number of benzene rings is 4. The molecule has 0 radical (unpaired) electrons. The zero-order chi connectivity index (χ0) is 41.9. The molecule has 4 aromatic carbocycles. The summed E-state index contributed by atoms with van der Waals surface area (Å²) in [6.45, 7) is 8.47. The number of rotatable bonds is 21. The van der Waals surface area contributed by atoms with Crippen LogP contribution >= 0.6 is 0 Å². The van der Waals surface area contributed by atoms with E-state index in [9.17, 15) is 28.8 Å². The van der Waals surface area contributed by atoms with Gasteiger partial charge in [0.15, 0.2) is 11.5 Å². The Balaban J connectivity index is 1.29. The Morgan fingerprint density at radius 2 is 1.00 bits per heavy atom. The van der Waals surface area contributed by atoms with Crippen molar-refractivity contribution in [2.24, 2.45) is 0 Å². The van der Waals surface area contributed by atoms with Crippen LogP contribution in [0.25, 0.3) is 0 Å². The largest absolute Gasteiger partial charge is 0.462 e. The Bertz CT molecular complexity index is 2180. The van der Waals surface area contributed by atoms with Crippen molar-refractivity contribution < 1.29 is 71.4 Å². The Labute approximate surface area is 331 Å². The summed E-state index contributed by atoms with van der Waals surface area (Å²) in [5.41, 5.74) is 1.37. The first-order valence-corrected chi connectivity index (χ1v) is 16.9. The molecule has 298 valence electrons. The lowest BCUT2D eigenvalue weighted by molar-refractivity contribution is -0.146. The van der Waals surface area contributed by atoms with Crippen LogP contribution in [-0.2, 0) is 39.8 Å². The molecule has 58 heavy (non-hydrogen) atoms. The van der Waals surface area contributed by atoms with Gasteiger partial charge in [-0.2, -0.15) is 0 Å². The van der Waals surface area contributed by atoms with E-state index in [0.29, 0.717) is 11.3 Å². The van der Waals surface area contributed by atoms with Gasteiger partial charge >= 0.3 is 35.8 Å². The molecule has 0 amide bonds. The molecule has 0 aliphatic heterocycles. The third-order valence-electron chi connectivity index (χ3n) is 7.38. The number of carbonyl (C=O) groups excluding carboxylic acids is 6. The molecule has 0 saturated heterocycles. The van der Waals surface area contributed by atoms with Gasteiger partial charge in [0.1, 0.15) is 17.2 Å². The van der Waals surface area contributed by atoms with Gasteiger partial charge in [0, 0.05) is 36.4 Å². The lowest BCUT2D eigenvalue weighted by Gasteiger charge is -2.14. The highest BCUT2D eigenvalue weighted by Crippen LogP contribution is 2.30. The number of hydrogen-bond acceptors (Lipinski definition) is 16. The van der Waals surface area contributed by atoms with E-state index in [0.717, 1.165) is 24.4 Å². The molecule has 0 atom stereocenters. The SMILES string of the molecule is C=CC(=O)OCOc1ccc(C(=O)Oc2ccc(C(=O)OCCc3ccc(OC(=O)c4ccc(OCOC(=O)C=C)c(OCOC(=O)C=C)c4)c(C=N)c3)cc2)cc1. The Morgan fingerprint density at radius 3 is 1.59 bits per heavy atom. The molecule has 4 rings (SSSR count). The second-order valence-electron chi connectivity index (χ2n) is 11.2. The van der Waals surface area contributed by atoms with E-state index in [4.69, 9.17) is 48.0 Å². The summed E-state index contributed by atoms with van der Waals surface area (Å²) >= 11 is 0. The van der Waals surface area contributed by atoms with Crippen molar-refractivity contribution in [1.29, 1.82) is 5.41 Å². The van der Waals surface area contributed by atoms with Crippen molar-refractivity contribution >= 4 is 42.0 Å². The summed E-state index contributed by atoms with van der Waals surface area (Å²) in [4.78, 5) is 72.3. The smallest absolute Gasteiger partial charge is 0.343 e. The van der Waals surface area contributed by atoms with Crippen LogP contribution in [0.1, 0.15) is 42.2 Å². The van der Waals surface area contributed by atoms with Crippen molar-refractivity contribution in [3.63, 3.8) is 0 Å². The summed E-state index contributed by atoms with van der Waals surface area (Å²) in [5.74, 6) is -3.61. The molecule has 0 heterocycles. The summed E-state index contributed by atoms with van der Waals surface area (Å²) in [6, 6.07) is 20.4. The first-order chi connectivity index (χ1) is 28.0. The highest BCUT2D eigenvalue weighted by Gasteiger charge is 2.17. The summed E-state index contributed by atoms with van der Waals surface area (Å²) in [6.07, 6.45) is 4.14. The van der Waals surface area contributed by atoms with Crippen LogP contribution in [0.2, 0.25) is 0 Å². The first kappa shape index (κ1) is 42.7. The zero-order valence-electron chi connectivity index (χ0n) is 30.7. The van der Waals surface area contributed by atoms with E-state index >= 15 is 0 Å². The Hall–Kier alpha value is -8.01. The summed E-state index contributed by atoms with van der Waals surface area (Å²) in [7, 11) is 0. The zero-order valence-corrected chi connectivity index (χ0v) is 30.7. The standard InChI is InChI=1S/C42H35NO15/c1-4-37(44)54-24-51-32-13-8-29(9-14-32)41(48)57-33-15-10-28(11-16-33)40(47)50-20-19-27-7-17-34(31(21-27)23-43)58-42(49)30-12-18-35(52-25-55-38(45)5-2)36(22-30)53-26-56-39(46)6-3/h4-18,21-23,43H,1-3,19-20,24-26H2. The molecule has 0 aromatic heterocycles. The maximum atomic E-state index is 13.1. The van der Waals surface area contributed by atoms with Gasteiger partial charge in [-0.1, -0.05) is 25.8 Å². The van der Waals surface area contributed by atoms with Crippen molar-refractivity contribution in [1.82, 2.24) is 0 Å². The number of esters is 6. The van der Waals surface area contributed by atoms with Gasteiger partial charge in [0.05, 0.1) is 23.3 Å². The summed E-state index contributed by atoms with van der Waals surface area (Å²) in [5, 5.41) is 7.86. The number of carbonyl (C=O) groups is 6. The highest BCUT2D eigenvalue weighted by atomic mass is 16.7. The van der Waals surface area contributed by atoms with Crippen LogP contribution in [0.4, 0.5) is 0 Å². The van der Waals surface area contributed by atoms with Gasteiger partial charge in [-0.05, 0) is 84.4 Å². The minimum atomic E-state index is -0.825. The molecule has 0 aliphatic rings. The van der Waals surface area contributed by atoms with Gasteiger partial charge in [-0.25, -0.2) is 28.8 Å². The molecule has 0 spiro atoms. The molecule has 16 nitrogen and oxygen atoms in total. The van der Waals surface area contributed by atoms with Crippen molar-refractivity contribution in [3.8, 4) is 28.7 Å². The average molecular weight is 794 g/mol. The molecule has 4 aromatic rings. The fourth-order valence-electron chi connectivity index (χ4n) is 4.48. The molecule has 0 aliphatic carbocycles. The van der Waals surface area contributed by atoms with E-state index in [1.54, 1.807) is 12.1 Å². The van der Waals surface area contributed by atoms with Crippen LogP contribution in [0.15, 0.2) is 123 Å². The lowest BCUT2D eigenvalue weighted by atomic mass is 10.1. The summed E-state index contributed by atoms with van der Waals surface area (Å²) < 4.78 is 46.8. The van der Waals surface area contributed by atoms with Crippen LogP contribution in [0.5, 0.6) is 28.7 Å². The lowest BCUT2D eigenvalue weighted by Crippen LogP contribution is -2.13. The van der Waals surface area contributed by atoms with Crippen LogP contribution in [0, 0.1) is 5.41 Å². The second kappa shape index (κ2) is 21.8. The minimum Gasteiger partial charge on any atom is -0.462 e. The quantitative estimate of drug-likeness (QED) is 0.0267. The molecule has 1 N–H and O–H groups in total. The second-order valence-corrected chi connectivity index (χ2v) is 11.2. The van der Waals surface area contributed by atoms with Crippen molar-refractivity contribution in [2.75, 3.05) is 27.0 Å². The maximum Gasteiger partial charge on any atom is 0.343 e. The van der Waals surface area contributed by atoms with Crippen molar-refractivity contribution in [3.05, 3.63) is 151 Å². The minimum absolute atomic E-state index is 0.00221. The molecular formula is C42H35NO15. The van der Waals surface area contributed by atoms with E-state index in [-0.39, 0.29) is 65.1 Å². The topological polar surface area (TPSA) is 209 Å². The fourth-order valence-corrected chi connectivity index (χ4v) is 4.48. The van der Waals surface area contributed by atoms with Crippen LogP contribution < -0.4 is 23.7 Å². The molecule has 0 saturated carbocycles. The number of hydrogen-bond donors (Lipinski definition) is 1. The van der Waals surface area contributed by atoms with Gasteiger partial charge in [-0.3, -0.25) is 0 Å². The molecule has 16 heteroatoms. The fraction of sp³-hybridized carbons (Fsp3) is 0.119. The number of ether oxygens (including phenoxy) is 9. The van der Waals surface area contributed by atoms with Gasteiger partial charge in [0.2, 0.25) is 20.4 Å². The van der Waals surface area contributed by atoms with Crippen LogP contribution in [0.3, 0.4) is 0 Å². The Morgan fingerprint density at radius 1 is 0.500 bits per heavy atom. The van der Waals surface area contributed by atoms with Crippen molar-refractivity contribution in [2.45, 2.75) is 6.42 Å². The van der Waals surface area contributed by atoms with E-state index < -0.39 is 49.4 Å². The molecular weight excluding hydrogens is 758 g/mol. The van der Waals surface area contributed by atoms with Gasteiger partial charge < -0.3 is 48.0 Å². The normalized spacial score (nSPS) is 10.1.